The highest BCUT2D eigenvalue weighted by Crippen LogP contribution is 2.34. The molecule has 13 heavy (non-hydrogen) atoms. The van der Waals surface area contributed by atoms with Crippen LogP contribution in [0, 0.1) is 0 Å². The van der Waals surface area contributed by atoms with Gasteiger partial charge in [-0.1, -0.05) is 50.3 Å². The molecule has 68 valence electrons. The third-order valence-electron chi connectivity index (χ3n) is 2.85. The quantitative estimate of drug-likeness (QED) is 0.640. The molecule has 0 heterocycles. The molecule has 1 aromatic carbocycles. The van der Waals surface area contributed by atoms with E-state index in [-0.39, 0.29) is 11.5 Å². The highest BCUT2D eigenvalue weighted by atomic mass is 16.3. The second-order valence-electron chi connectivity index (χ2n) is 4.11. The van der Waals surface area contributed by atoms with Crippen molar-refractivity contribution in [2.75, 3.05) is 0 Å². The fourth-order valence-corrected chi connectivity index (χ4v) is 1.82. The van der Waals surface area contributed by atoms with Crippen LogP contribution in [0.1, 0.15) is 25.0 Å². The maximum atomic E-state index is 9.80. The fraction of sp³-hybridized carbons (Fsp3) is 0.333. The predicted molar refractivity (Wildman–Crippen MR) is 54.5 cm³/mol. The van der Waals surface area contributed by atoms with E-state index < -0.39 is 0 Å². The zero-order valence-electron chi connectivity index (χ0n) is 7.99. The molecule has 1 aliphatic rings. The molecule has 2 rings (SSSR count). The van der Waals surface area contributed by atoms with Gasteiger partial charge in [-0.25, -0.2) is 0 Å². The first-order valence-corrected chi connectivity index (χ1v) is 4.58. The largest absolute Gasteiger partial charge is 0.388 e. The van der Waals surface area contributed by atoms with Crippen molar-refractivity contribution in [1.29, 1.82) is 0 Å². The van der Waals surface area contributed by atoms with Gasteiger partial charge < -0.3 is 5.11 Å². The number of fused-ring (bicyclic) bond motifs is 1. The topological polar surface area (TPSA) is 20.2 Å². The molecule has 0 fully saturated rings. The average Bonchev–Trinajstić information content (AvgIpc) is 2.13. The summed E-state index contributed by atoms with van der Waals surface area (Å²) < 4.78 is 0. The Morgan fingerprint density at radius 2 is 1.92 bits per heavy atom. The molecule has 1 N–H and O–H groups in total. The minimum atomic E-state index is -0.373. The first-order valence-electron chi connectivity index (χ1n) is 4.58. The number of aliphatic hydroxyl groups is 1. The number of benzene rings is 1. The van der Waals surface area contributed by atoms with Crippen LogP contribution in [0.3, 0.4) is 0 Å². The van der Waals surface area contributed by atoms with E-state index in [0.717, 1.165) is 0 Å². The second kappa shape index (κ2) is 2.71. The standard InChI is InChI=1S/C12H14O/c1-12(2)10-6-4-3-5-9(10)7-8-11(12)13/h3-8,11,13H,1-2H3. The number of aliphatic hydroxyl groups excluding tert-OH is 1. The van der Waals surface area contributed by atoms with Crippen LogP contribution in [0.4, 0.5) is 0 Å². The SMILES string of the molecule is CC1(C)c2ccccc2C=CC1O. The number of hydrogen-bond acceptors (Lipinski definition) is 1. The van der Waals surface area contributed by atoms with E-state index in [9.17, 15) is 5.11 Å². The van der Waals surface area contributed by atoms with Gasteiger partial charge in [0.2, 0.25) is 0 Å². The average molecular weight is 174 g/mol. The van der Waals surface area contributed by atoms with E-state index in [1.54, 1.807) is 0 Å². The lowest BCUT2D eigenvalue weighted by Gasteiger charge is -2.33. The van der Waals surface area contributed by atoms with Crippen LogP contribution >= 0.6 is 0 Å². The Hall–Kier alpha value is -1.08. The van der Waals surface area contributed by atoms with Gasteiger partial charge in [-0.3, -0.25) is 0 Å². The van der Waals surface area contributed by atoms with Gasteiger partial charge >= 0.3 is 0 Å². The second-order valence-corrected chi connectivity index (χ2v) is 4.11. The van der Waals surface area contributed by atoms with Crippen LogP contribution in [-0.2, 0) is 5.41 Å². The number of hydrogen-bond donors (Lipinski definition) is 1. The van der Waals surface area contributed by atoms with E-state index >= 15 is 0 Å². The summed E-state index contributed by atoms with van der Waals surface area (Å²) in [7, 11) is 0. The van der Waals surface area contributed by atoms with Gasteiger partial charge in [-0.15, -0.1) is 0 Å². The van der Waals surface area contributed by atoms with Gasteiger partial charge in [-0.2, -0.15) is 0 Å². The van der Waals surface area contributed by atoms with Crippen LogP contribution in [0.5, 0.6) is 0 Å². The molecule has 0 saturated heterocycles. The van der Waals surface area contributed by atoms with Crippen LogP contribution in [0.25, 0.3) is 6.08 Å². The maximum Gasteiger partial charge on any atom is 0.0815 e. The first-order chi connectivity index (χ1) is 6.12. The summed E-state index contributed by atoms with van der Waals surface area (Å²) in [5.41, 5.74) is 2.29. The Bertz CT molecular complexity index is 350. The van der Waals surface area contributed by atoms with Crippen LogP contribution in [0.15, 0.2) is 30.3 Å². The molecule has 1 atom stereocenters. The Balaban J connectivity index is 2.61. The smallest absolute Gasteiger partial charge is 0.0815 e. The monoisotopic (exact) mass is 174 g/mol. The third-order valence-corrected chi connectivity index (χ3v) is 2.85. The Morgan fingerprint density at radius 3 is 2.69 bits per heavy atom. The van der Waals surface area contributed by atoms with E-state index in [4.69, 9.17) is 0 Å². The Kier molecular flexibility index (Phi) is 1.77. The third kappa shape index (κ3) is 1.20. The van der Waals surface area contributed by atoms with Crippen molar-refractivity contribution in [3.63, 3.8) is 0 Å². The van der Waals surface area contributed by atoms with Gasteiger partial charge in [0.15, 0.2) is 0 Å². The van der Waals surface area contributed by atoms with Gasteiger partial charge in [-0.05, 0) is 11.1 Å². The summed E-state index contributed by atoms with van der Waals surface area (Å²) in [6, 6.07) is 8.21. The minimum absolute atomic E-state index is 0.161. The molecular weight excluding hydrogens is 160 g/mol. The Morgan fingerprint density at radius 1 is 1.23 bits per heavy atom. The van der Waals surface area contributed by atoms with Crippen molar-refractivity contribution >= 4 is 6.08 Å². The lowest BCUT2D eigenvalue weighted by Crippen LogP contribution is -2.34. The van der Waals surface area contributed by atoms with Gasteiger partial charge in [0.05, 0.1) is 6.10 Å². The van der Waals surface area contributed by atoms with Crippen molar-refractivity contribution in [2.24, 2.45) is 0 Å². The highest BCUT2D eigenvalue weighted by molar-refractivity contribution is 5.60. The summed E-state index contributed by atoms with van der Waals surface area (Å²) >= 11 is 0. The molecule has 0 bridgehead atoms. The maximum absolute atomic E-state index is 9.80. The first kappa shape index (κ1) is 8.52. The molecule has 0 aromatic heterocycles. The van der Waals surface area contributed by atoms with Gasteiger partial charge in [0, 0.05) is 5.41 Å². The number of rotatable bonds is 0. The van der Waals surface area contributed by atoms with Crippen molar-refractivity contribution < 1.29 is 5.11 Å². The lowest BCUT2D eigenvalue weighted by molar-refractivity contribution is 0.143. The van der Waals surface area contributed by atoms with Crippen molar-refractivity contribution in [3.05, 3.63) is 41.5 Å². The summed E-state index contributed by atoms with van der Waals surface area (Å²) in [6.07, 6.45) is 3.48. The fourth-order valence-electron chi connectivity index (χ4n) is 1.82. The summed E-state index contributed by atoms with van der Waals surface area (Å²) in [4.78, 5) is 0. The van der Waals surface area contributed by atoms with Gasteiger partial charge in [0.1, 0.15) is 0 Å². The van der Waals surface area contributed by atoms with Gasteiger partial charge in [0.25, 0.3) is 0 Å². The zero-order valence-corrected chi connectivity index (χ0v) is 7.99. The van der Waals surface area contributed by atoms with Crippen LogP contribution < -0.4 is 0 Å². The van der Waals surface area contributed by atoms with E-state index in [2.05, 4.69) is 26.0 Å². The molecule has 1 aromatic rings. The van der Waals surface area contributed by atoms with Crippen LogP contribution in [-0.4, -0.2) is 11.2 Å². The molecular formula is C12H14O. The van der Waals surface area contributed by atoms with E-state index in [1.165, 1.54) is 11.1 Å². The molecule has 1 aliphatic carbocycles. The minimum Gasteiger partial charge on any atom is -0.388 e. The van der Waals surface area contributed by atoms with E-state index in [1.807, 2.05) is 24.3 Å². The van der Waals surface area contributed by atoms with Crippen molar-refractivity contribution in [1.82, 2.24) is 0 Å². The lowest BCUT2D eigenvalue weighted by atomic mass is 9.74. The summed E-state index contributed by atoms with van der Waals surface area (Å²) in [5, 5.41) is 9.80. The molecule has 0 spiro atoms. The van der Waals surface area contributed by atoms with E-state index in [0.29, 0.717) is 0 Å². The highest BCUT2D eigenvalue weighted by Gasteiger charge is 2.31. The summed E-state index contributed by atoms with van der Waals surface area (Å²) in [6.45, 7) is 4.14. The molecule has 0 saturated carbocycles. The molecule has 0 amide bonds. The normalized spacial score (nSPS) is 24.1. The predicted octanol–water partition coefficient (Wildman–Crippen LogP) is 2.35. The molecule has 1 nitrogen and oxygen atoms in total. The van der Waals surface area contributed by atoms with Crippen LogP contribution in [0.2, 0.25) is 0 Å². The van der Waals surface area contributed by atoms with Crippen molar-refractivity contribution in [2.45, 2.75) is 25.4 Å². The zero-order chi connectivity index (χ0) is 9.47. The molecule has 0 radical (unpaired) electrons. The molecule has 0 aliphatic heterocycles. The Labute approximate surface area is 78.7 Å². The summed E-state index contributed by atoms with van der Waals surface area (Å²) in [5.74, 6) is 0. The van der Waals surface area contributed by atoms with Crippen molar-refractivity contribution in [3.8, 4) is 0 Å². The molecule has 1 heteroatoms. The molecule has 1 unspecified atom stereocenters.